The summed E-state index contributed by atoms with van der Waals surface area (Å²) in [5.74, 6) is -0.0667. The Morgan fingerprint density at radius 3 is 2.39 bits per heavy atom. The van der Waals surface area contributed by atoms with Gasteiger partial charge >= 0.3 is 6.36 Å². The molecule has 0 aliphatic heterocycles. The first kappa shape index (κ1) is 21.8. The molecule has 0 aliphatic rings. The number of unbranched alkanes of at least 4 members (excludes halogenated alkanes) is 2. The molecule has 0 aliphatic carbocycles. The van der Waals surface area contributed by atoms with Crippen molar-refractivity contribution < 1.29 is 22.6 Å². The summed E-state index contributed by atoms with van der Waals surface area (Å²) in [5, 5.41) is 2.80. The van der Waals surface area contributed by atoms with Crippen LogP contribution in [0.1, 0.15) is 19.3 Å². The van der Waals surface area contributed by atoms with Gasteiger partial charge in [0.25, 0.3) is 0 Å². The summed E-state index contributed by atoms with van der Waals surface area (Å²) in [4.78, 5) is 4.13. The fourth-order valence-corrected chi connectivity index (χ4v) is 1.66. The molecule has 0 amide bonds. The van der Waals surface area contributed by atoms with Crippen LogP contribution in [0.4, 0.5) is 18.9 Å². The second kappa shape index (κ2) is 11.3. The molecule has 1 rings (SSSR count). The number of hydrogen-bond acceptors (Lipinski definition) is 3. The summed E-state index contributed by atoms with van der Waals surface area (Å²) >= 11 is 0. The molecule has 0 fully saturated rings. The summed E-state index contributed by atoms with van der Waals surface area (Å²) in [6.07, 6.45) is -1.84. The van der Waals surface area contributed by atoms with Gasteiger partial charge in [-0.15, -0.1) is 37.1 Å². The molecule has 0 saturated carbocycles. The van der Waals surface area contributed by atoms with E-state index in [2.05, 4.69) is 15.0 Å². The third-order valence-corrected chi connectivity index (χ3v) is 2.65. The number of nitrogens with two attached hydrogens (primary N) is 1. The largest absolute Gasteiger partial charge is 0.573 e. The minimum absolute atomic E-state index is 0. The fraction of sp³-hybridized carbons (Fsp3) is 0.500. The van der Waals surface area contributed by atoms with E-state index in [1.807, 2.05) is 0 Å². The molecule has 9 heteroatoms. The zero-order valence-electron chi connectivity index (χ0n) is 12.7. The molecule has 23 heavy (non-hydrogen) atoms. The molecule has 0 spiro atoms. The number of halogens is 4. The van der Waals surface area contributed by atoms with E-state index < -0.39 is 6.36 Å². The molecule has 0 unspecified atom stereocenters. The molecular formula is C14H21F3IN3O2. The van der Waals surface area contributed by atoms with Crippen LogP contribution in [0.3, 0.4) is 0 Å². The quantitative estimate of drug-likeness (QED) is 0.276. The van der Waals surface area contributed by atoms with Gasteiger partial charge in [0, 0.05) is 25.9 Å². The Balaban J connectivity index is 0.00000484. The molecule has 5 nitrogen and oxygen atoms in total. The molecule has 0 saturated heterocycles. The van der Waals surface area contributed by atoms with Crippen LogP contribution in [-0.2, 0) is 4.74 Å². The van der Waals surface area contributed by atoms with Crippen molar-refractivity contribution in [2.24, 2.45) is 10.7 Å². The van der Waals surface area contributed by atoms with E-state index in [0.717, 1.165) is 25.9 Å². The van der Waals surface area contributed by atoms with Crippen molar-refractivity contribution in [3.63, 3.8) is 0 Å². The smallest absolute Gasteiger partial charge is 0.406 e. The van der Waals surface area contributed by atoms with Gasteiger partial charge in [0.2, 0.25) is 0 Å². The van der Waals surface area contributed by atoms with Crippen molar-refractivity contribution in [1.29, 1.82) is 0 Å². The van der Waals surface area contributed by atoms with Crippen molar-refractivity contribution >= 4 is 35.6 Å². The van der Waals surface area contributed by atoms with Crippen LogP contribution in [0.25, 0.3) is 0 Å². The van der Waals surface area contributed by atoms with E-state index >= 15 is 0 Å². The zero-order chi connectivity index (χ0) is 16.4. The Kier molecular flexibility index (Phi) is 10.7. The van der Waals surface area contributed by atoms with E-state index in [1.165, 1.54) is 24.3 Å². The number of rotatable bonds is 8. The van der Waals surface area contributed by atoms with Gasteiger partial charge < -0.3 is 20.5 Å². The maximum atomic E-state index is 12.0. The average molecular weight is 447 g/mol. The summed E-state index contributed by atoms with van der Waals surface area (Å²) in [6, 6.07) is 5.27. The molecule has 0 bridgehead atoms. The summed E-state index contributed by atoms with van der Waals surface area (Å²) in [7, 11) is 1.66. The van der Waals surface area contributed by atoms with Crippen molar-refractivity contribution in [3.05, 3.63) is 24.3 Å². The monoisotopic (exact) mass is 447 g/mol. The van der Waals surface area contributed by atoms with Gasteiger partial charge in [-0.05, 0) is 43.5 Å². The van der Waals surface area contributed by atoms with Crippen LogP contribution in [0, 0.1) is 0 Å². The summed E-state index contributed by atoms with van der Waals surface area (Å²) in [6.45, 7) is 1.31. The summed E-state index contributed by atoms with van der Waals surface area (Å²) in [5.41, 5.74) is 6.23. The number of nitrogens with one attached hydrogen (secondary N) is 1. The lowest BCUT2D eigenvalue weighted by Gasteiger charge is -2.10. The first-order chi connectivity index (χ1) is 10.4. The Labute approximate surface area is 150 Å². The van der Waals surface area contributed by atoms with Gasteiger partial charge in [0.1, 0.15) is 5.75 Å². The standard InChI is InChI=1S/C14H20F3N3O2.HI/c1-21-10-4-2-3-9-19-13(18)20-11-5-7-12(8-6-11)22-14(15,16)17;/h5-8H,2-4,9-10H2,1H3,(H3,18,19,20);1H. The highest BCUT2D eigenvalue weighted by Gasteiger charge is 2.30. The zero-order valence-corrected chi connectivity index (χ0v) is 15.1. The van der Waals surface area contributed by atoms with Crippen LogP contribution in [0.5, 0.6) is 5.75 Å². The van der Waals surface area contributed by atoms with Crippen molar-refractivity contribution in [2.45, 2.75) is 25.6 Å². The predicted molar refractivity (Wildman–Crippen MR) is 94.4 cm³/mol. The number of alkyl halides is 3. The number of benzene rings is 1. The Hall–Kier alpha value is -1.23. The molecule has 1 aromatic carbocycles. The fourth-order valence-electron chi connectivity index (χ4n) is 1.66. The highest BCUT2D eigenvalue weighted by Crippen LogP contribution is 2.23. The molecule has 132 valence electrons. The van der Waals surface area contributed by atoms with Crippen molar-refractivity contribution in [3.8, 4) is 5.75 Å². The lowest BCUT2D eigenvalue weighted by molar-refractivity contribution is -0.274. The van der Waals surface area contributed by atoms with E-state index in [9.17, 15) is 13.2 Å². The predicted octanol–water partition coefficient (Wildman–Crippen LogP) is 3.75. The molecule has 0 radical (unpaired) electrons. The first-order valence-corrected chi connectivity index (χ1v) is 6.82. The van der Waals surface area contributed by atoms with Gasteiger partial charge in [-0.1, -0.05) is 0 Å². The molecule has 1 aromatic rings. The van der Waals surface area contributed by atoms with Crippen molar-refractivity contribution in [2.75, 3.05) is 25.6 Å². The van der Waals surface area contributed by atoms with Crippen LogP contribution in [0.15, 0.2) is 29.3 Å². The Morgan fingerprint density at radius 2 is 1.83 bits per heavy atom. The molecule has 0 atom stereocenters. The number of nitrogens with zero attached hydrogens (tertiary/aromatic N) is 1. The minimum atomic E-state index is -4.70. The highest BCUT2D eigenvalue weighted by molar-refractivity contribution is 14.0. The topological polar surface area (TPSA) is 68.9 Å². The average Bonchev–Trinajstić information content (AvgIpc) is 2.43. The van der Waals surface area contributed by atoms with E-state index in [0.29, 0.717) is 12.2 Å². The second-order valence-electron chi connectivity index (χ2n) is 4.52. The van der Waals surface area contributed by atoms with Crippen LogP contribution < -0.4 is 15.8 Å². The second-order valence-corrected chi connectivity index (χ2v) is 4.52. The number of methoxy groups -OCH3 is 1. The molecule has 3 N–H and O–H groups in total. The van der Waals surface area contributed by atoms with Gasteiger partial charge in [-0.2, -0.15) is 0 Å². The lowest BCUT2D eigenvalue weighted by atomic mass is 10.2. The highest BCUT2D eigenvalue weighted by atomic mass is 127. The van der Waals surface area contributed by atoms with E-state index in [4.69, 9.17) is 10.5 Å². The minimum Gasteiger partial charge on any atom is -0.406 e. The number of ether oxygens (including phenoxy) is 2. The van der Waals surface area contributed by atoms with Gasteiger partial charge in [0.15, 0.2) is 5.96 Å². The first-order valence-electron chi connectivity index (χ1n) is 6.82. The van der Waals surface area contributed by atoms with Gasteiger partial charge in [-0.25, -0.2) is 0 Å². The van der Waals surface area contributed by atoms with E-state index in [1.54, 1.807) is 7.11 Å². The lowest BCUT2D eigenvalue weighted by Crippen LogP contribution is -2.23. The molecule has 0 aromatic heterocycles. The van der Waals surface area contributed by atoms with Gasteiger partial charge in [0.05, 0.1) is 0 Å². The van der Waals surface area contributed by atoms with Gasteiger partial charge in [-0.3, -0.25) is 4.99 Å². The van der Waals surface area contributed by atoms with Crippen LogP contribution in [-0.4, -0.2) is 32.6 Å². The molecular weight excluding hydrogens is 426 g/mol. The number of aliphatic imine (C=N–C) groups is 1. The number of hydrogen-bond donors (Lipinski definition) is 2. The maximum Gasteiger partial charge on any atom is 0.573 e. The van der Waals surface area contributed by atoms with Crippen LogP contribution >= 0.6 is 24.0 Å². The van der Waals surface area contributed by atoms with Crippen LogP contribution in [0.2, 0.25) is 0 Å². The SMILES string of the molecule is COCCCCCN=C(N)Nc1ccc(OC(F)(F)F)cc1.I. The third kappa shape index (κ3) is 11.0. The normalized spacial score (nSPS) is 11.7. The number of guanidine groups is 1. The maximum absolute atomic E-state index is 12.0. The Bertz CT molecular complexity index is 467. The third-order valence-electron chi connectivity index (χ3n) is 2.65. The number of anilines is 1. The van der Waals surface area contributed by atoms with Crippen molar-refractivity contribution in [1.82, 2.24) is 0 Å². The summed E-state index contributed by atoms with van der Waals surface area (Å²) < 4.78 is 44.8. The van der Waals surface area contributed by atoms with E-state index in [-0.39, 0.29) is 35.7 Å². The molecule has 0 heterocycles. The Morgan fingerprint density at radius 1 is 1.17 bits per heavy atom.